The van der Waals surface area contributed by atoms with E-state index in [-0.39, 0.29) is 25.0 Å². The maximum Gasteiger partial charge on any atom is 0.323 e. The molecule has 11 nitrogen and oxygen atoms in total. The SMILES string of the molecule is O=C(OCCCCC(CO[N+](=O)[O-])O[N+](=O)[O-])C1C[C@@H]2CCC[C@@H]2N1. The highest BCUT2D eigenvalue weighted by atomic mass is 17.0. The summed E-state index contributed by atoms with van der Waals surface area (Å²) >= 11 is 0. The monoisotopic (exact) mass is 361 g/mol. The van der Waals surface area contributed by atoms with Crippen LogP contribution in [0, 0.1) is 26.1 Å². The highest BCUT2D eigenvalue weighted by molar-refractivity contribution is 5.76. The third kappa shape index (κ3) is 6.33. The Labute approximate surface area is 144 Å². The van der Waals surface area contributed by atoms with Gasteiger partial charge in [-0.2, -0.15) is 0 Å². The summed E-state index contributed by atoms with van der Waals surface area (Å²) in [5, 5.41) is 21.8. The van der Waals surface area contributed by atoms with E-state index in [2.05, 4.69) is 15.0 Å². The van der Waals surface area contributed by atoms with Gasteiger partial charge in [0.25, 0.3) is 10.2 Å². The Bertz CT molecular complexity index is 477. The van der Waals surface area contributed by atoms with Crippen molar-refractivity contribution in [2.45, 2.75) is 63.1 Å². The maximum atomic E-state index is 12.0. The van der Waals surface area contributed by atoms with E-state index >= 15 is 0 Å². The second-order valence-electron chi connectivity index (χ2n) is 6.39. The molecule has 2 aliphatic rings. The van der Waals surface area contributed by atoms with Crippen LogP contribution in [-0.4, -0.2) is 47.5 Å². The second kappa shape index (κ2) is 9.35. The van der Waals surface area contributed by atoms with E-state index in [1.807, 2.05) is 0 Å². The van der Waals surface area contributed by atoms with E-state index in [0.717, 1.165) is 19.3 Å². The third-order valence-electron chi connectivity index (χ3n) is 4.66. The highest BCUT2D eigenvalue weighted by Gasteiger charge is 2.40. The normalized spacial score (nSPS) is 25.8. The summed E-state index contributed by atoms with van der Waals surface area (Å²) in [6, 6.07) is 0.188. The summed E-state index contributed by atoms with van der Waals surface area (Å²) in [6.45, 7) is -0.309. The molecule has 0 amide bonds. The zero-order chi connectivity index (χ0) is 18.2. The van der Waals surface area contributed by atoms with Gasteiger partial charge in [-0.25, -0.2) is 0 Å². The van der Waals surface area contributed by atoms with Crippen molar-refractivity contribution >= 4 is 5.97 Å². The Morgan fingerprint density at radius 1 is 1.20 bits per heavy atom. The van der Waals surface area contributed by atoms with Gasteiger partial charge in [-0.05, 0) is 44.4 Å². The molecule has 0 bridgehead atoms. The Kier molecular flexibility index (Phi) is 7.16. The fraction of sp³-hybridized carbons (Fsp3) is 0.929. The third-order valence-corrected chi connectivity index (χ3v) is 4.66. The number of ether oxygens (including phenoxy) is 1. The minimum Gasteiger partial charge on any atom is -0.465 e. The predicted octanol–water partition coefficient (Wildman–Crippen LogP) is 1.02. The predicted molar refractivity (Wildman–Crippen MR) is 82.3 cm³/mol. The first-order valence-electron chi connectivity index (χ1n) is 8.47. The van der Waals surface area contributed by atoms with Gasteiger partial charge in [-0.15, -0.1) is 20.2 Å². The van der Waals surface area contributed by atoms with Crippen LogP contribution in [0.2, 0.25) is 0 Å². The van der Waals surface area contributed by atoms with Gasteiger partial charge >= 0.3 is 5.97 Å². The lowest BCUT2D eigenvalue weighted by Gasteiger charge is -2.14. The lowest BCUT2D eigenvalue weighted by molar-refractivity contribution is -0.790. The molecule has 1 saturated carbocycles. The smallest absolute Gasteiger partial charge is 0.323 e. The molecule has 0 aromatic carbocycles. The van der Waals surface area contributed by atoms with Crippen LogP contribution >= 0.6 is 0 Å². The van der Waals surface area contributed by atoms with Crippen molar-refractivity contribution in [1.82, 2.24) is 5.32 Å². The van der Waals surface area contributed by atoms with Gasteiger partial charge in [-0.3, -0.25) is 4.79 Å². The number of nitrogens with zero attached hydrogens (tertiary/aromatic N) is 2. The number of nitrogens with one attached hydrogen (secondary N) is 1. The summed E-state index contributed by atoms with van der Waals surface area (Å²) in [5.74, 6) is 0.309. The molecule has 0 aromatic heterocycles. The molecule has 11 heteroatoms. The first-order valence-corrected chi connectivity index (χ1v) is 8.47. The van der Waals surface area contributed by atoms with E-state index in [1.165, 1.54) is 6.42 Å². The van der Waals surface area contributed by atoms with Crippen LogP contribution in [0.15, 0.2) is 0 Å². The average molecular weight is 361 g/mol. The minimum absolute atomic E-state index is 0.193. The van der Waals surface area contributed by atoms with Crippen molar-refractivity contribution in [3.63, 3.8) is 0 Å². The Hall–Kier alpha value is -2.17. The first kappa shape index (κ1) is 19.2. The van der Waals surface area contributed by atoms with Crippen molar-refractivity contribution in [2.24, 2.45) is 5.92 Å². The molecule has 2 unspecified atom stereocenters. The van der Waals surface area contributed by atoms with E-state index in [1.54, 1.807) is 0 Å². The number of fused-ring (bicyclic) bond motifs is 1. The number of esters is 1. The van der Waals surface area contributed by atoms with Gasteiger partial charge in [0, 0.05) is 6.04 Å². The molecule has 0 radical (unpaired) electrons. The van der Waals surface area contributed by atoms with Crippen molar-refractivity contribution in [2.75, 3.05) is 13.2 Å². The van der Waals surface area contributed by atoms with Crippen molar-refractivity contribution < 1.29 is 29.4 Å². The van der Waals surface area contributed by atoms with E-state index in [9.17, 15) is 25.0 Å². The van der Waals surface area contributed by atoms with E-state index in [0.29, 0.717) is 24.8 Å². The largest absolute Gasteiger partial charge is 0.465 e. The van der Waals surface area contributed by atoms with Gasteiger partial charge in [0.1, 0.15) is 18.8 Å². The van der Waals surface area contributed by atoms with Crippen molar-refractivity contribution in [1.29, 1.82) is 0 Å². The molecule has 1 heterocycles. The second-order valence-corrected chi connectivity index (χ2v) is 6.39. The molecule has 1 saturated heterocycles. The van der Waals surface area contributed by atoms with E-state index < -0.39 is 22.9 Å². The molecule has 1 N–H and O–H groups in total. The average Bonchev–Trinajstić information content (AvgIpc) is 3.12. The van der Waals surface area contributed by atoms with Crippen molar-refractivity contribution in [3.8, 4) is 0 Å². The molecular formula is C14H23N3O8. The van der Waals surface area contributed by atoms with Gasteiger partial charge in [-0.1, -0.05) is 6.42 Å². The molecule has 25 heavy (non-hydrogen) atoms. The fourth-order valence-electron chi connectivity index (χ4n) is 3.51. The molecule has 142 valence electrons. The Balaban J connectivity index is 1.58. The van der Waals surface area contributed by atoms with Crippen LogP contribution in [0.1, 0.15) is 44.9 Å². The number of unbranched alkanes of at least 4 members (excludes halogenated alkanes) is 1. The van der Waals surface area contributed by atoms with Crippen LogP contribution in [0.3, 0.4) is 0 Å². The number of hydrogen-bond donors (Lipinski definition) is 1. The van der Waals surface area contributed by atoms with Gasteiger partial charge in [0.15, 0.2) is 0 Å². The van der Waals surface area contributed by atoms with E-state index in [4.69, 9.17) is 4.74 Å². The summed E-state index contributed by atoms with van der Waals surface area (Å²) < 4.78 is 5.24. The number of hydrogen-bond acceptors (Lipinski definition) is 9. The molecule has 2 fully saturated rings. The molecule has 1 aliphatic heterocycles. The Morgan fingerprint density at radius 2 is 2.00 bits per heavy atom. The number of rotatable bonds is 11. The van der Waals surface area contributed by atoms with Gasteiger partial charge in [0.05, 0.1) is 6.61 Å². The topological polar surface area (TPSA) is 143 Å². The van der Waals surface area contributed by atoms with Crippen LogP contribution in [0.4, 0.5) is 0 Å². The lowest BCUT2D eigenvalue weighted by Crippen LogP contribution is -2.36. The number of carbonyl (C=O) groups is 1. The zero-order valence-corrected chi connectivity index (χ0v) is 13.8. The summed E-state index contributed by atoms with van der Waals surface area (Å²) in [5.41, 5.74) is 0. The highest BCUT2D eigenvalue weighted by Crippen LogP contribution is 2.34. The standard InChI is InChI=1S/C14H23N3O8/c18-14(13-8-10-4-3-6-12(10)15-13)23-7-2-1-5-11(25-17(21)22)9-24-16(19)20/h10-13,15H,1-9H2/t10-,11?,12-,13?/m0/s1. The van der Waals surface area contributed by atoms with Crippen LogP contribution in [-0.2, 0) is 19.2 Å². The van der Waals surface area contributed by atoms with Crippen molar-refractivity contribution in [3.05, 3.63) is 20.2 Å². The van der Waals surface area contributed by atoms with Crippen LogP contribution in [0.25, 0.3) is 0 Å². The zero-order valence-electron chi connectivity index (χ0n) is 13.8. The van der Waals surface area contributed by atoms with Gasteiger partial charge in [0.2, 0.25) is 0 Å². The number of carbonyl (C=O) groups excluding carboxylic acids is 1. The maximum absolute atomic E-state index is 12.0. The molecule has 4 atom stereocenters. The van der Waals surface area contributed by atoms with Crippen LogP contribution < -0.4 is 5.32 Å². The van der Waals surface area contributed by atoms with Crippen LogP contribution in [0.5, 0.6) is 0 Å². The molecule has 0 spiro atoms. The summed E-state index contributed by atoms with van der Waals surface area (Å²) in [6.07, 6.45) is 4.41. The Morgan fingerprint density at radius 3 is 2.68 bits per heavy atom. The summed E-state index contributed by atoms with van der Waals surface area (Å²) in [4.78, 5) is 40.9. The molecule has 0 aromatic rings. The molecule has 2 rings (SSSR count). The van der Waals surface area contributed by atoms with Gasteiger partial charge < -0.3 is 19.7 Å². The quantitative estimate of drug-likeness (QED) is 0.247. The fourth-order valence-corrected chi connectivity index (χ4v) is 3.51. The minimum atomic E-state index is -1.03. The lowest BCUT2D eigenvalue weighted by atomic mass is 10.0. The summed E-state index contributed by atoms with van der Waals surface area (Å²) in [7, 11) is 0. The molecular weight excluding hydrogens is 338 g/mol. The first-order chi connectivity index (χ1) is 12.0. The molecule has 1 aliphatic carbocycles.